The van der Waals surface area contributed by atoms with Crippen LogP contribution < -0.4 is 5.63 Å². The van der Waals surface area contributed by atoms with Gasteiger partial charge < -0.3 is 14.2 Å². The molecule has 0 atom stereocenters. The molecule has 2 aromatic carbocycles. The van der Waals surface area contributed by atoms with Gasteiger partial charge >= 0.3 is 5.63 Å². The number of carbonyl (C=O) groups excluding carboxylic acids is 2. The average molecular weight is 390 g/mol. The molecular weight excluding hydrogens is 368 g/mol. The predicted molar refractivity (Wildman–Crippen MR) is 111 cm³/mol. The molecule has 6 heteroatoms. The van der Waals surface area contributed by atoms with Gasteiger partial charge in [0.15, 0.2) is 0 Å². The monoisotopic (exact) mass is 390 g/mol. The first-order valence-corrected chi connectivity index (χ1v) is 9.77. The van der Waals surface area contributed by atoms with Crippen LogP contribution in [-0.4, -0.2) is 47.8 Å². The van der Waals surface area contributed by atoms with E-state index in [1.54, 1.807) is 46.2 Å². The SMILES string of the molecule is CCCN1CCN(C(=O)c2cccc(-c3cc4ccccc4oc3=O)c2)CC1=O. The van der Waals surface area contributed by atoms with Crippen molar-refractivity contribution in [2.75, 3.05) is 26.2 Å². The largest absolute Gasteiger partial charge is 0.422 e. The number of carbonyl (C=O) groups is 2. The zero-order valence-corrected chi connectivity index (χ0v) is 16.3. The quantitative estimate of drug-likeness (QED) is 0.642. The molecule has 1 aliphatic rings. The highest BCUT2D eigenvalue weighted by Crippen LogP contribution is 2.22. The van der Waals surface area contributed by atoms with Crippen molar-refractivity contribution in [2.45, 2.75) is 13.3 Å². The highest BCUT2D eigenvalue weighted by molar-refractivity contribution is 5.98. The summed E-state index contributed by atoms with van der Waals surface area (Å²) in [5.74, 6) is -0.237. The van der Waals surface area contributed by atoms with E-state index in [2.05, 4.69) is 0 Å². The Balaban J connectivity index is 1.61. The minimum Gasteiger partial charge on any atom is -0.422 e. The highest BCUT2D eigenvalue weighted by Gasteiger charge is 2.27. The average Bonchev–Trinajstić information content (AvgIpc) is 2.74. The summed E-state index contributed by atoms with van der Waals surface area (Å²) >= 11 is 0. The topological polar surface area (TPSA) is 70.8 Å². The number of nitrogens with zero attached hydrogens (tertiary/aromatic N) is 2. The molecule has 148 valence electrons. The summed E-state index contributed by atoms with van der Waals surface area (Å²) in [5, 5.41) is 0.816. The van der Waals surface area contributed by atoms with Crippen LogP contribution in [0.5, 0.6) is 0 Å². The lowest BCUT2D eigenvalue weighted by Crippen LogP contribution is -2.52. The van der Waals surface area contributed by atoms with Crippen LogP contribution in [0.15, 0.2) is 63.8 Å². The maximum Gasteiger partial charge on any atom is 0.344 e. The Labute approximate surface area is 168 Å². The molecule has 0 unspecified atom stereocenters. The molecule has 2 heterocycles. The molecular formula is C23H22N2O4. The Hall–Kier alpha value is -3.41. The maximum absolute atomic E-state index is 12.9. The van der Waals surface area contributed by atoms with Crippen molar-refractivity contribution in [3.8, 4) is 11.1 Å². The van der Waals surface area contributed by atoms with E-state index in [9.17, 15) is 14.4 Å². The van der Waals surface area contributed by atoms with Crippen LogP contribution in [0.1, 0.15) is 23.7 Å². The van der Waals surface area contributed by atoms with Gasteiger partial charge in [-0.2, -0.15) is 0 Å². The number of rotatable bonds is 4. The Morgan fingerprint density at radius 3 is 2.66 bits per heavy atom. The number of piperazine rings is 1. The van der Waals surface area contributed by atoms with Crippen LogP contribution in [0.2, 0.25) is 0 Å². The van der Waals surface area contributed by atoms with Crippen molar-refractivity contribution < 1.29 is 14.0 Å². The first-order valence-electron chi connectivity index (χ1n) is 9.77. The minimum absolute atomic E-state index is 0.0298. The van der Waals surface area contributed by atoms with Crippen molar-refractivity contribution in [3.63, 3.8) is 0 Å². The fourth-order valence-corrected chi connectivity index (χ4v) is 3.65. The Bertz CT molecular complexity index is 1130. The van der Waals surface area contributed by atoms with Crippen LogP contribution in [0, 0.1) is 0 Å². The van der Waals surface area contributed by atoms with E-state index in [1.165, 1.54) is 0 Å². The van der Waals surface area contributed by atoms with Crippen molar-refractivity contribution >= 4 is 22.8 Å². The van der Waals surface area contributed by atoms with Gasteiger partial charge in [0.25, 0.3) is 5.91 Å². The molecule has 1 aliphatic heterocycles. The number of fused-ring (bicyclic) bond motifs is 1. The Kier molecular flexibility index (Phi) is 5.16. The third-order valence-corrected chi connectivity index (χ3v) is 5.16. The third kappa shape index (κ3) is 3.78. The summed E-state index contributed by atoms with van der Waals surface area (Å²) in [4.78, 5) is 41.0. The second-order valence-corrected chi connectivity index (χ2v) is 7.17. The summed E-state index contributed by atoms with van der Waals surface area (Å²) in [6.45, 7) is 3.88. The smallest absolute Gasteiger partial charge is 0.344 e. The van der Waals surface area contributed by atoms with Crippen molar-refractivity contribution in [1.82, 2.24) is 9.80 Å². The fraction of sp³-hybridized carbons (Fsp3) is 0.261. The Morgan fingerprint density at radius 2 is 1.86 bits per heavy atom. The van der Waals surface area contributed by atoms with Crippen LogP contribution >= 0.6 is 0 Å². The molecule has 6 nitrogen and oxygen atoms in total. The highest BCUT2D eigenvalue weighted by atomic mass is 16.4. The van der Waals surface area contributed by atoms with E-state index in [0.29, 0.717) is 41.9 Å². The van der Waals surface area contributed by atoms with Gasteiger partial charge in [-0.15, -0.1) is 0 Å². The number of amides is 2. The summed E-state index contributed by atoms with van der Waals surface area (Å²) in [6.07, 6.45) is 0.899. The molecule has 1 saturated heterocycles. The van der Waals surface area contributed by atoms with Gasteiger partial charge in [-0.05, 0) is 36.2 Å². The minimum atomic E-state index is -0.448. The maximum atomic E-state index is 12.9. The lowest BCUT2D eigenvalue weighted by Gasteiger charge is -2.34. The standard InChI is InChI=1S/C23H22N2O4/c1-2-10-24-11-12-25(15-21(24)26)22(27)18-8-5-7-16(13-18)19-14-17-6-3-4-9-20(17)29-23(19)28/h3-9,13-14H,2,10-12,15H2,1H3. The van der Waals surface area contributed by atoms with Crippen LogP contribution in [0.4, 0.5) is 0 Å². The second kappa shape index (κ2) is 7.91. The summed E-state index contributed by atoms with van der Waals surface area (Å²) < 4.78 is 5.41. The van der Waals surface area contributed by atoms with E-state index >= 15 is 0 Å². The first kappa shape index (κ1) is 18.9. The molecule has 0 N–H and O–H groups in total. The van der Waals surface area contributed by atoms with Crippen LogP contribution in [-0.2, 0) is 4.79 Å². The number of hydrogen-bond donors (Lipinski definition) is 0. The van der Waals surface area contributed by atoms with Gasteiger partial charge in [-0.3, -0.25) is 9.59 Å². The summed E-state index contributed by atoms with van der Waals surface area (Å²) in [6, 6.07) is 16.0. The lowest BCUT2D eigenvalue weighted by molar-refractivity contribution is -0.135. The molecule has 1 aromatic heterocycles. The third-order valence-electron chi connectivity index (χ3n) is 5.16. The van der Waals surface area contributed by atoms with Gasteiger partial charge in [0.05, 0.1) is 5.56 Å². The van der Waals surface area contributed by atoms with Crippen molar-refractivity contribution in [1.29, 1.82) is 0 Å². The zero-order chi connectivity index (χ0) is 20.4. The first-order chi connectivity index (χ1) is 14.1. The zero-order valence-electron chi connectivity index (χ0n) is 16.3. The van der Waals surface area contributed by atoms with Crippen molar-refractivity contribution in [2.24, 2.45) is 0 Å². The fourth-order valence-electron chi connectivity index (χ4n) is 3.65. The van der Waals surface area contributed by atoms with E-state index < -0.39 is 5.63 Å². The van der Waals surface area contributed by atoms with Gasteiger partial charge in [-0.25, -0.2) is 4.79 Å². The molecule has 0 spiro atoms. The normalized spacial score (nSPS) is 14.4. The van der Waals surface area contributed by atoms with E-state index in [-0.39, 0.29) is 18.4 Å². The lowest BCUT2D eigenvalue weighted by atomic mass is 10.0. The summed E-state index contributed by atoms with van der Waals surface area (Å²) in [7, 11) is 0. The number of hydrogen-bond acceptors (Lipinski definition) is 4. The van der Waals surface area contributed by atoms with E-state index in [4.69, 9.17) is 4.42 Å². The molecule has 4 rings (SSSR count). The van der Waals surface area contributed by atoms with E-state index in [1.807, 2.05) is 25.1 Å². The van der Waals surface area contributed by atoms with Crippen LogP contribution in [0.3, 0.4) is 0 Å². The van der Waals surface area contributed by atoms with E-state index in [0.717, 1.165) is 11.8 Å². The molecule has 2 amide bonds. The number of benzene rings is 2. The second-order valence-electron chi connectivity index (χ2n) is 7.17. The Morgan fingerprint density at radius 1 is 1.03 bits per heavy atom. The van der Waals surface area contributed by atoms with Gasteiger partial charge in [-0.1, -0.05) is 37.3 Å². The molecule has 0 bridgehead atoms. The van der Waals surface area contributed by atoms with Crippen LogP contribution in [0.25, 0.3) is 22.1 Å². The van der Waals surface area contributed by atoms with Crippen molar-refractivity contribution in [3.05, 3.63) is 70.6 Å². The number of para-hydroxylation sites is 1. The van der Waals surface area contributed by atoms with Gasteiger partial charge in [0.1, 0.15) is 12.1 Å². The molecule has 0 aliphatic carbocycles. The predicted octanol–water partition coefficient (Wildman–Crippen LogP) is 3.15. The molecule has 0 radical (unpaired) electrons. The summed E-state index contributed by atoms with van der Waals surface area (Å²) in [5.41, 5.74) is 1.55. The molecule has 0 saturated carbocycles. The molecule has 29 heavy (non-hydrogen) atoms. The van der Waals surface area contributed by atoms with Gasteiger partial charge in [0.2, 0.25) is 5.91 Å². The molecule has 1 fully saturated rings. The van der Waals surface area contributed by atoms with Gasteiger partial charge in [0, 0.05) is 30.6 Å². The molecule has 3 aromatic rings.